The summed E-state index contributed by atoms with van der Waals surface area (Å²) < 4.78 is 0. The van der Waals surface area contributed by atoms with Crippen LogP contribution in [-0.2, 0) is 0 Å². The van der Waals surface area contributed by atoms with E-state index in [0.717, 1.165) is 17.1 Å². The third kappa shape index (κ3) is 6.12. The van der Waals surface area contributed by atoms with Gasteiger partial charge in [-0.05, 0) is 119 Å². The third-order valence-electron chi connectivity index (χ3n) is 10.8. The lowest BCUT2D eigenvalue weighted by Crippen LogP contribution is -2.10. The highest BCUT2D eigenvalue weighted by molar-refractivity contribution is 6.08. The van der Waals surface area contributed by atoms with Gasteiger partial charge in [0.25, 0.3) is 0 Å². The Hall–Kier alpha value is -7.22. The molecule has 10 aromatic carbocycles. The van der Waals surface area contributed by atoms with Crippen LogP contribution in [0.2, 0.25) is 0 Å². The third-order valence-corrected chi connectivity index (χ3v) is 10.8. The van der Waals surface area contributed by atoms with E-state index in [0.29, 0.717) is 0 Å². The Bertz CT molecular complexity index is 2950. The summed E-state index contributed by atoms with van der Waals surface area (Å²) in [5, 5.41) is 7.58. The van der Waals surface area contributed by atoms with Crippen molar-refractivity contribution >= 4 is 49.4 Å². The average Bonchev–Trinajstić information content (AvgIpc) is 3.27. The minimum Gasteiger partial charge on any atom is -0.310 e. The van der Waals surface area contributed by atoms with Crippen molar-refractivity contribution in [3.05, 3.63) is 224 Å². The number of hydrogen-bond donors (Lipinski definition) is 0. The van der Waals surface area contributed by atoms with Crippen molar-refractivity contribution in [2.45, 2.75) is 0 Å². The summed E-state index contributed by atoms with van der Waals surface area (Å²) in [6, 6.07) is 81.4. The van der Waals surface area contributed by atoms with Crippen LogP contribution in [-0.4, -0.2) is 0 Å². The van der Waals surface area contributed by atoms with E-state index in [4.69, 9.17) is 0 Å². The first kappa shape index (κ1) is 32.4. The summed E-state index contributed by atoms with van der Waals surface area (Å²) in [5.74, 6) is 0. The van der Waals surface area contributed by atoms with Gasteiger partial charge in [-0.3, -0.25) is 0 Å². The number of rotatable bonds is 7. The van der Waals surface area contributed by atoms with Gasteiger partial charge >= 0.3 is 0 Å². The SMILES string of the molecule is c1ccc(-c2cccc(N(c3ccc(-c4ccc5c(ccc6ccccc65)c4)cc3)c3ccc(-c4c(-c5ccccc5)ccc5ccccc45)cc3)c2)cc1. The number of anilines is 3. The van der Waals surface area contributed by atoms with Crippen molar-refractivity contribution in [3.8, 4) is 44.5 Å². The van der Waals surface area contributed by atoms with Crippen LogP contribution < -0.4 is 4.90 Å². The van der Waals surface area contributed by atoms with Crippen LogP contribution >= 0.6 is 0 Å². The molecule has 0 saturated heterocycles. The van der Waals surface area contributed by atoms with Crippen molar-refractivity contribution in [3.63, 3.8) is 0 Å². The highest BCUT2D eigenvalue weighted by atomic mass is 15.1. The summed E-state index contributed by atoms with van der Waals surface area (Å²) in [5.41, 5.74) is 13.0. The average molecular weight is 700 g/mol. The lowest BCUT2D eigenvalue weighted by molar-refractivity contribution is 1.28. The van der Waals surface area contributed by atoms with Crippen LogP contribution in [0.5, 0.6) is 0 Å². The molecule has 0 radical (unpaired) electrons. The zero-order valence-corrected chi connectivity index (χ0v) is 30.3. The van der Waals surface area contributed by atoms with E-state index in [1.54, 1.807) is 0 Å². The van der Waals surface area contributed by atoms with Gasteiger partial charge in [0, 0.05) is 17.1 Å². The molecule has 0 amide bonds. The molecular formula is C54H37N. The monoisotopic (exact) mass is 699 g/mol. The van der Waals surface area contributed by atoms with Crippen LogP contribution in [0.4, 0.5) is 17.1 Å². The van der Waals surface area contributed by atoms with E-state index in [2.05, 4.69) is 229 Å². The Morgan fingerprint density at radius 3 is 1.45 bits per heavy atom. The molecule has 1 heteroatoms. The fraction of sp³-hybridized carbons (Fsp3) is 0. The summed E-state index contributed by atoms with van der Waals surface area (Å²) in [7, 11) is 0. The maximum Gasteiger partial charge on any atom is 0.0467 e. The predicted molar refractivity (Wildman–Crippen MR) is 235 cm³/mol. The van der Waals surface area contributed by atoms with Crippen LogP contribution in [0.3, 0.4) is 0 Å². The van der Waals surface area contributed by atoms with E-state index in [-0.39, 0.29) is 0 Å². The maximum atomic E-state index is 2.37. The van der Waals surface area contributed by atoms with Gasteiger partial charge in [-0.1, -0.05) is 182 Å². The largest absolute Gasteiger partial charge is 0.310 e. The molecule has 0 N–H and O–H groups in total. The van der Waals surface area contributed by atoms with Crippen LogP contribution in [0, 0.1) is 0 Å². The first-order valence-electron chi connectivity index (χ1n) is 18.9. The van der Waals surface area contributed by atoms with E-state index >= 15 is 0 Å². The second-order valence-corrected chi connectivity index (χ2v) is 14.1. The Balaban J connectivity index is 1.07. The summed E-state index contributed by atoms with van der Waals surface area (Å²) in [6.07, 6.45) is 0. The molecule has 0 saturated carbocycles. The molecule has 0 aliphatic carbocycles. The summed E-state index contributed by atoms with van der Waals surface area (Å²) in [4.78, 5) is 2.37. The van der Waals surface area contributed by atoms with E-state index in [1.165, 1.54) is 76.8 Å². The molecule has 0 atom stereocenters. The fourth-order valence-electron chi connectivity index (χ4n) is 8.12. The second kappa shape index (κ2) is 14.0. The van der Waals surface area contributed by atoms with Crippen LogP contribution in [0.25, 0.3) is 76.8 Å². The molecule has 0 heterocycles. The molecule has 10 aromatic rings. The van der Waals surface area contributed by atoms with Gasteiger partial charge in [-0.25, -0.2) is 0 Å². The van der Waals surface area contributed by atoms with Gasteiger partial charge in [-0.15, -0.1) is 0 Å². The molecule has 0 bridgehead atoms. The number of fused-ring (bicyclic) bond motifs is 4. The Labute approximate surface area is 322 Å². The Kier molecular flexibility index (Phi) is 8.24. The first-order chi connectivity index (χ1) is 27.3. The van der Waals surface area contributed by atoms with Gasteiger partial charge in [0.15, 0.2) is 0 Å². The zero-order chi connectivity index (χ0) is 36.6. The quantitative estimate of drug-likeness (QED) is 0.150. The van der Waals surface area contributed by atoms with Crippen LogP contribution in [0.15, 0.2) is 224 Å². The minimum atomic E-state index is 1.10. The molecule has 1 nitrogen and oxygen atoms in total. The molecular weight excluding hydrogens is 663 g/mol. The molecule has 10 rings (SSSR count). The Morgan fingerprint density at radius 1 is 0.236 bits per heavy atom. The van der Waals surface area contributed by atoms with Crippen molar-refractivity contribution in [1.29, 1.82) is 0 Å². The molecule has 0 spiro atoms. The smallest absolute Gasteiger partial charge is 0.0467 e. The highest BCUT2D eigenvalue weighted by Gasteiger charge is 2.17. The molecule has 0 aromatic heterocycles. The zero-order valence-electron chi connectivity index (χ0n) is 30.3. The van der Waals surface area contributed by atoms with Crippen molar-refractivity contribution in [2.75, 3.05) is 4.90 Å². The minimum absolute atomic E-state index is 1.10. The van der Waals surface area contributed by atoms with Crippen LogP contribution in [0.1, 0.15) is 0 Å². The van der Waals surface area contributed by atoms with E-state index in [1.807, 2.05) is 0 Å². The number of hydrogen-bond acceptors (Lipinski definition) is 1. The number of nitrogens with zero attached hydrogens (tertiary/aromatic N) is 1. The molecule has 0 aliphatic rings. The molecule has 55 heavy (non-hydrogen) atoms. The normalized spacial score (nSPS) is 11.3. The molecule has 0 fully saturated rings. The highest BCUT2D eigenvalue weighted by Crippen LogP contribution is 2.42. The lowest BCUT2D eigenvalue weighted by Gasteiger charge is -2.26. The van der Waals surface area contributed by atoms with Crippen molar-refractivity contribution in [2.24, 2.45) is 0 Å². The van der Waals surface area contributed by atoms with E-state index < -0.39 is 0 Å². The molecule has 258 valence electrons. The first-order valence-corrected chi connectivity index (χ1v) is 18.9. The molecule has 0 aliphatic heterocycles. The standard InChI is InChI=1S/C54H37N/c1-3-12-38(13-4-1)44-18-11-19-49(37-44)55(47-30-24-39(25-31-47)45-29-34-51-46(36-45)23-22-41-16-7-9-20-50(41)51)48-32-26-43(27-33-48)54-52-21-10-8-17-42(52)28-35-53(54)40-14-5-2-6-15-40/h1-37H. The van der Waals surface area contributed by atoms with Gasteiger partial charge in [-0.2, -0.15) is 0 Å². The second-order valence-electron chi connectivity index (χ2n) is 14.1. The lowest BCUT2D eigenvalue weighted by atomic mass is 9.89. The topological polar surface area (TPSA) is 3.24 Å². The fourth-order valence-corrected chi connectivity index (χ4v) is 8.12. The van der Waals surface area contributed by atoms with Gasteiger partial charge < -0.3 is 4.90 Å². The van der Waals surface area contributed by atoms with Gasteiger partial charge in [0.2, 0.25) is 0 Å². The number of benzene rings is 10. The van der Waals surface area contributed by atoms with Crippen molar-refractivity contribution in [1.82, 2.24) is 0 Å². The van der Waals surface area contributed by atoms with Crippen molar-refractivity contribution < 1.29 is 0 Å². The summed E-state index contributed by atoms with van der Waals surface area (Å²) in [6.45, 7) is 0. The summed E-state index contributed by atoms with van der Waals surface area (Å²) >= 11 is 0. The Morgan fingerprint density at radius 2 is 0.727 bits per heavy atom. The predicted octanol–water partition coefficient (Wildman–Crippen LogP) is 15.3. The maximum absolute atomic E-state index is 2.37. The molecule has 0 unspecified atom stereocenters. The van der Waals surface area contributed by atoms with Gasteiger partial charge in [0.05, 0.1) is 0 Å². The van der Waals surface area contributed by atoms with E-state index in [9.17, 15) is 0 Å². The van der Waals surface area contributed by atoms with Gasteiger partial charge in [0.1, 0.15) is 0 Å².